The van der Waals surface area contributed by atoms with Gasteiger partial charge in [0.05, 0.1) is 11.1 Å². The van der Waals surface area contributed by atoms with Crippen LogP contribution in [0.5, 0.6) is 0 Å². The highest BCUT2D eigenvalue weighted by Gasteiger charge is 2.45. The Balaban J connectivity index is 0.521. The van der Waals surface area contributed by atoms with E-state index in [9.17, 15) is 0 Å². The van der Waals surface area contributed by atoms with Crippen LogP contribution in [0.2, 0.25) is 0 Å². The van der Waals surface area contributed by atoms with Gasteiger partial charge in [0.25, 0.3) is 0 Å². The zero-order valence-electron chi connectivity index (χ0n) is 67.6. The van der Waals surface area contributed by atoms with E-state index in [1.54, 1.807) is 0 Å². The van der Waals surface area contributed by atoms with Crippen molar-refractivity contribution in [1.82, 2.24) is 0 Å². The van der Waals surface area contributed by atoms with E-state index in [2.05, 4.69) is 418 Å². The summed E-state index contributed by atoms with van der Waals surface area (Å²) in [5.74, 6) is 0. The number of para-hydroxylation sites is 3. The van der Waals surface area contributed by atoms with Gasteiger partial charge >= 0.3 is 0 Å². The van der Waals surface area contributed by atoms with Crippen LogP contribution in [0.1, 0.15) is 169 Å². The molecule has 4 aliphatic heterocycles. The van der Waals surface area contributed by atoms with Crippen LogP contribution < -0.4 is 19.6 Å². The quantitative estimate of drug-likeness (QED) is 0.120. The molecule has 0 fully saturated rings. The zero-order valence-corrected chi connectivity index (χ0v) is 67.6. The molecule has 0 aromatic heterocycles. The van der Waals surface area contributed by atoms with Gasteiger partial charge in [-0.05, 0) is 271 Å². The van der Waals surface area contributed by atoms with E-state index in [0.29, 0.717) is 0 Å². The lowest BCUT2D eigenvalue weighted by molar-refractivity contribution is 0.420. The Hall–Kier alpha value is -11.7. The minimum Gasteiger partial charge on any atom is -0.341 e. The number of nitrogens with zero attached hydrogens (tertiary/aromatic N) is 4. The third kappa shape index (κ3) is 11.6. The first kappa shape index (κ1) is 70.4. The Kier molecular flexibility index (Phi) is 16.0. The second kappa shape index (κ2) is 25.7. The summed E-state index contributed by atoms with van der Waals surface area (Å²) in [6.45, 7) is 30.7. The van der Waals surface area contributed by atoms with Crippen LogP contribution in [0.3, 0.4) is 0 Å². The topological polar surface area (TPSA) is 13.0 Å². The first-order valence-electron chi connectivity index (χ1n) is 41.2. The third-order valence-corrected chi connectivity index (χ3v) is 27.3. The minimum atomic E-state index is -0.269. The maximum atomic E-state index is 2.61. The molecule has 20 rings (SSSR count). The summed E-state index contributed by atoms with van der Waals surface area (Å²) in [6, 6.07) is 97.3. The predicted molar refractivity (Wildman–Crippen MR) is 485 cm³/mol. The molecular weight excluding hydrogens is 1370 g/mol. The largest absolute Gasteiger partial charge is 0.341 e. The summed E-state index contributed by atoms with van der Waals surface area (Å²) in [7, 11) is 0. The molecule has 13 aromatic rings. The van der Waals surface area contributed by atoms with Crippen LogP contribution in [0.25, 0.3) is 90.5 Å². The Morgan fingerprint density at radius 1 is 0.381 bits per heavy atom. The van der Waals surface area contributed by atoms with Crippen LogP contribution in [-0.2, 0) is 28.1 Å². The number of rotatable bonds is 11. The van der Waals surface area contributed by atoms with Crippen LogP contribution in [0, 0.1) is 5.41 Å². The van der Waals surface area contributed by atoms with Gasteiger partial charge in [-0.3, -0.25) is 0 Å². The van der Waals surface area contributed by atoms with Gasteiger partial charge in [0.2, 0.25) is 0 Å². The maximum Gasteiger partial charge on any atom is 0.0580 e. The highest BCUT2D eigenvalue weighted by atomic mass is 15.2. The summed E-state index contributed by atoms with van der Waals surface area (Å²) < 4.78 is 0. The lowest BCUT2D eigenvalue weighted by Crippen LogP contribution is -2.41. The number of hydrogen-bond acceptors (Lipinski definition) is 4. The molecule has 4 nitrogen and oxygen atoms in total. The normalized spacial score (nSPS) is 20.2. The standard InChI is InChI=1S/C109H100N4/c1-103(2)58-60-110(101-29-19-16-26-93(101)103)81-43-40-76-64-79(38-37-78(76)66-81)86-47-41-73(85-24-14-15-25-88(85)86)35-32-71-34-46-89-90-48-45-84(68-96(90)106(7,8)95(89)63-71)113-100-31-21-23-80(87(100)52-55-105(113,5)6)69-109(12)59-61-111(102-30-20-17-27-94(102)109)82-42-39-75-62-72(33-36-77(75)65-82)50-56-108(11)57-53-92-91-49-44-83(67-97(91)107(9,10)98(92)70-108)112-99-28-18-13-22-74(99)51-54-104(112,3)4/h13-56,62-68,70H,57-61,69H2,1-12H3. The molecule has 0 spiro atoms. The van der Waals surface area contributed by atoms with Crippen LogP contribution in [-0.4, -0.2) is 24.2 Å². The molecule has 2 atom stereocenters. The van der Waals surface area contributed by atoms with Gasteiger partial charge in [0, 0.05) is 85.8 Å². The van der Waals surface area contributed by atoms with Gasteiger partial charge in [-0.1, -0.05) is 286 Å². The molecular formula is C109H100N4. The Bertz CT molecular complexity index is 6370. The first-order chi connectivity index (χ1) is 54.4. The molecule has 4 heteroatoms. The second-order valence-corrected chi connectivity index (χ2v) is 36.9. The zero-order chi connectivity index (χ0) is 77.3. The summed E-state index contributed by atoms with van der Waals surface area (Å²) >= 11 is 0. The van der Waals surface area contributed by atoms with E-state index in [0.717, 1.165) is 38.8 Å². The van der Waals surface area contributed by atoms with Crippen molar-refractivity contribution in [2.45, 2.75) is 142 Å². The molecule has 556 valence electrons. The van der Waals surface area contributed by atoms with Crippen molar-refractivity contribution in [3.05, 3.63) is 358 Å². The van der Waals surface area contributed by atoms with Gasteiger partial charge in [0.15, 0.2) is 0 Å². The van der Waals surface area contributed by atoms with Gasteiger partial charge in [0.1, 0.15) is 0 Å². The first-order valence-corrected chi connectivity index (χ1v) is 41.2. The third-order valence-electron chi connectivity index (χ3n) is 27.3. The second-order valence-electron chi connectivity index (χ2n) is 36.9. The van der Waals surface area contributed by atoms with E-state index in [1.165, 1.54) is 178 Å². The van der Waals surface area contributed by atoms with Crippen molar-refractivity contribution in [3.63, 3.8) is 0 Å². The fourth-order valence-corrected chi connectivity index (χ4v) is 20.8. The molecule has 0 radical (unpaired) electrons. The van der Waals surface area contributed by atoms with E-state index < -0.39 is 0 Å². The van der Waals surface area contributed by atoms with E-state index >= 15 is 0 Å². The van der Waals surface area contributed by atoms with Crippen molar-refractivity contribution in [2.24, 2.45) is 5.41 Å². The highest BCUT2D eigenvalue weighted by Crippen LogP contribution is 2.58. The summed E-state index contributed by atoms with van der Waals surface area (Å²) in [4.78, 5) is 10.2. The van der Waals surface area contributed by atoms with Crippen LogP contribution >= 0.6 is 0 Å². The molecule has 7 aliphatic rings. The lowest BCUT2D eigenvalue weighted by atomic mass is 9.71. The van der Waals surface area contributed by atoms with Gasteiger partial charge in [-0.2, -0.15) is 0 Å². The summed E-state index contributed by atoms with van der Waals surface area (Å²) in [6.07, 6.45) is 28.1. The van der Waals surface area contributed by atoms with Crippen LogP contribution in [0.4, 0.5) is 45.5 Å². The molecule has 0 saturated carbocycles. The number of fused-ring (bicyclic) bond motifs is 13. The van der Waals surface area contributed by atoms with Gasteiger partial charge in [-0.25, -0.2) is 0 Å². The molecule has 0 amide bonds. The molecule has 0 N–H and O–H groups in total. The van der Waals surface area contributed by atoms with Crippen molar-refractivity contribution in [1.29, 1.82) is 0 Å². The van der Waals surface area contributed by atoms with Crippen molar-refractivity contribution >= 4 is 114 Å². The molecule has 0 saturated heterocycles. The molecule has 3 aliphatic carbocycles. The van der Waals surface area contributed by atoms with Crippen molar-refractivity contribution in [2.75, 3.05) is 32.7 Å². The van der Waals surface area contributed by atoms with E-state index in [-0.39, 0.29) is 38.2 Å². The molecule has 0 bridgehead atoms. The Labute approximate surface area is 668 Å². The Morgan fingerprint density at radius 2 is 0.929 bits per heavy atom. The number of allylic oxidation sites excluding steroid dienone is 5. The average molecular weight is 1470 g/mol. The van der Waals surface area contributed by atoms with E-state index in [1.807, 2.05) is 0 Å². The number of anilines is 8. The minimum absolute atomic E-state index is 0.0916. The van der Waals surface area contributed by atoms with Crippen molar-refractivity contribution < 1.29 is 0 Å². The monoisotopic (exact) mass is 1460 g/mol. The molecule has 4 heterocycles. The summed E-state index contributed by atoms with van der Waals surface area (Å²) in [5, 5.41) is 7.54. The average Bonchev–Trinajstić information content (AvgIpc) is 1.72. The summed E-state index contributed by atoms with van der Waals surface area (Å²) in [5.41, 5.74) is 33.3. The molecule has 13 aromatic carbocycles. The van der Waals surface area contributed by atoms with Crippen LogP contribution in [0.15, 0.2) is 291 Å². The lowest BCUT2D eigenvalue weighted by Gasteiger charge is -2.44. The molecule has 113 heavy (non-hydrogen) atoms. The number of hydrogen-bond donors (Lipinski definition) is 0. The Morgan fingerprint density at radius 3 is 1.68 bits per heavy atom. The fourth-order valence-electron chi connectivity index (χ4n) is 20.8. The molecule has 2 unspecified atom stereocenters. The highest BCUT2D eigenvalue weighted by molar-refractivity contribution is 6.04. The van der Waals surface area contributed by atoms with E-state index in [4.69, 9.17) is 0 Å². The number of benzene rings is 13. The predicted octanol–water partition coefficient (Wildman–Crippen LogP) is 28.8. The van der Waals surface area contributed by atoms with Crippen molar-refractivity contribution in [3.8, 4) is 22.3 Å². The maximum absolute atomic E-state index is 2.61. The SMILES string of the molecule is CC1(C=Cc2ccc3cc(N4CCC(C)(Cc5cccc6c5C=CC(C)(C)N6c5ccc6c(c5)C(C)(C)c5cc(C=Cc7ccc(-c8ccc9cc(N%10CCC(C)(C)c%11ccccc%11%10)ccc9c8)c8ccccc78)ccc5-6)c5ccccc54)ccc3c2)C=C2C(=CC1)c1ccc(N3c4ccccc4C=CC3(C)C)cc1C2(C)C. The van der Waals surface area contributed by atoms with Gasteiger partial charge in [-0.15, -0.1) is 0 Å². The smallest absolute Gasteiger partial charge is 0.0580 e. The van der Waals surface area contributed by atoms with Gasteiger partial charge < -0.3 is 19.6 Å². The fraction of sp³-hybridized carbons (Fsp3) is 0.229.